The molecule has 5 nitrogen and oxygen atoms in total. The van der Waals surface area contributed by atoms with Crippen molar-refractivity contribution in [1.29, 1.82) is 0 Å². The largest absolute Gasteiger partial charge is 0.368 e. The Labute approximate surface area is 158 Å². The lowest BCUT2D eigenvalue weighted by atomic mass is 10.2. The number of benzene rings is 2. The molecule has 0 atom stereocenters. The normalized spacial score (nSPS) is 14.2. The molecule has 0 aliphatic carbocycles. The Morgan fingerprint density at radius 2 is 1.69 bits per heavy atom. The summed E-state index contributed by atoms with van der Waals surface area (Å²) in [6.07, 6.45) is 0. The van der Waals surface area contributed by atoms with Crippen molar-refractivity contribution in [1.82, 2.24) is 4.90 Å². The molecule has 0 spiro atoms. The first kappa shape index (κ1) is 18.3. The third kappa shape index (κ3) is 4.35. The zero-order chi connectivity index (χ0) is 18.5. The fourth-order valence-electron chi connectivity index (χ4n) is 3.11. The molecule has 0 unspecified atom stereocenters. The van der Waals surface area contributed by atoms with Gasteiger partial charge in [0.1, 0.15) is 6.54 Å². The van der Waals surface area contributed by atoms with Crippen molar-refractivity contribution in [3.8, 4) is 0 Å². The predicted octanol–water partition coefficient (Wildman–Crippen LogP) is 3.04. The van der Waals surface area contributed by atoms with Gasteiger partial charge in [-0.3, -0.25) is 9.59 Å². The molecule has 0 aromatic heterocycles. The summed E-state index contributed by atoms with van der Waals surface area (Å²) in [4.78, 5) is 30.2. The van der Waals surface area contributed by atoms with E-state index >= 15 is 0 Å². The molecule has 2 aromatic rings. The highest BCUT2D eigenvalue weighted by atomic mass is 35.5. The van der Waals surface area contributed by atoms with Crippen LogP contribution in [-0.2, 0) is 9.59 Å². The summed E-state index contributed by atoms with van der Waals surface area (Å²) < 4.78 is 0. The Morgan fingerprint density at radius 1 is 1.00 bits per heavy atom. The summed E-state index contributed by atoms with van der Waals surface area (Å²) in [5, 5.41) is 0.709. The molecule has 0 saturated carbocycles. The van der Waals surface area contributed by atoms with Gasteiger partial charge in [0, 0.05) is 49.5 Å². The second kappa shape index (κ2) is 8.23. The second-order valence-electron chi connectivity index (χ2n) is 6.29. The van der Waals surface area contributed by atoms with Crippen molar-refractivity contribution in [3.05, 3.63) is 59.6 Å². The van der Waals surface area contributed by atoms with Gasteiger partial charge in [-0.15, -0.1) is 0 Å². The van der Waals surface area contributed by atoms with Crippen molar-refractivity contribution < 1.29 is 9.59 Å². The van der Waals surface area contributed by atoms with E-state index in [4.69, 9.17) is 11.6 Å². The van der Waals surface area contributed by atoms with E-state index in [1.165, 1.54) is 11.8 Å². The molecule has 3 rings (SSSR count). The van der Waals surface area contributed by atoms with Crippen LogP contribution in [0, 0.1) is 0 Å². The summed E-state index contributed by atoms with van der Waals surface area (Å²) in [7, 11) is 0. The van der Waals surface area contributed by atoms with E-state index in [1.807, 2.05) is 59.5 Å². The van der Waals surface area contributed by atoms with Crippen LogP contribution in [0.4, 0.5) is 11.4 Å². The van der Waals surface area contributed by atoms with Gasteiger partial charge in [-0.25, -0.2) is 0 Å². The molecule has 1 aliphatic heterocycles. The summed E-state index contributed by atoms with van der Waals surface area (Å²) >= 11 is 6.06. The number of rotatable bonds is 4. The first-order valence-corrected chi connectivity index (χ1v) is 9.04. The van der Waals surface area contributed by atoms with Gasteiger partial charge in [0.2, 0.25) is 11.8 Å². The number of anilines is 2. The monoisotopic (exact) mass is 371 g/mol. The number of carbonyl (C=O) groups is 2. The van der Waals surface area contributed by atoms with Gasteiger partial charge in [-0.1, -0.05) is 35.9 Å². The maximum atomic E-state index is 12.7. The van der Waals surface area contributed by atoms with E-state index in [9.17, 15) is 9.59 Å². The zero-order valence-electron chi connectivity index (χ0n) is 14.8. The van der Waals surface area contributed by atoms with Crippen molar-refractivity contribution >= 4 is 34.8 Å². The number of piperazine rings is 1. The maximum Gasteiger partial charge on any atom is 0.242 e. The van der Waals surface area contributed by atoms with Crippen LogP contribution in [0.1, 0.15) is 6.92 Å². The fraction of sp³-hybridized carbons (Fsp3) is 0.300. The average molecular weight is 372 g/mol. The summed E-state index contributed by atoms with van der Waals surface area (Å²) in [5.41, 5.74) is 1.81. The number of amides is 2. The standard InChI is InChI=1S/C20H22ClN3O2/c1-16(25)24(18-7-3-2-4-8-18)15-20(26)23-12-10-22(11-13-23)19-9-5-6-17(21)14-19/h2-9,14H,10-13,15H2,1H3. The molecule has 6 heteroatoms. The highest BCUT2D eigenvalue weighted by Gasteiger charge is 2.24. The van der Waals surface area contributed by atoms with Gasteiger partial charge in [-0.2, -0.15) is 0 Å². The van der Waals surface area contributed by atoms with Gasteiger partial charge in [0.05, 0.1) is 0 Å². The molecule has 0 N–H and O–H groups in total. The number of carbonyl (C=O) groups excluding carboxylic acids is 2. The Bertz CT molecular complexity index is 774. The highest BCUT2D eigenvalue weighted by Crippen LogP contribution is 2.21. The highest BCUT2D eigenvalue weighted by molar-refractivity contribution is 6.30. The molecule has 1 heterocycles. The second-order valence-corrected chi connectivity index (χ2v) is 6.72. The van der Waals surface area contributed by atoms with E-state index in [2.05, 4.69) is 4.90 Å². The molecule has 0 bridgehead atoms. The fourth-order valence-corrected chi connectivity index (χ4v) is 3.30. The maximum absolute atomic E-state index is 12.7. The zero-order valence-corrected chi connectivity index (χ0v) is 15.5. The lowest BCUT2D eigenvalue weighted by Gasteiger charge is -2.37. The van der Waals surface area contributed by atoms with Crippen LogP contribution >= 0.6 is 11.6 Å². The van der Waals surface area contributed by atoms with E-state index in [-0.39, 0.29) is 18.4 Å². The molecular formula is C20H22ClN3O2. The summed E-state index contributed by atoms with van der Waals surface area (Å²) in [6, 6.07) is 17.0. The quantitative estimate of drug-likeness (QED) is 0.829. The van der Waals surface area contributed by atoms with Gasteiger partial charge in [-0.05, 0) is 30.3 Å². The molecule has 136 valence electrons. The number of hydrogen-bond donors (Lipinski definition) is 0. The Hall–Kier alpha value is -2.53. The Balaban J connectivity index is 1.60. The molecular weight excluding hydrogens is 350 g/mol. The van der Waals surface area contributed by atoms with E-state index in [0.717, 1.165) is 24.5 Å². The molecule has 0 radical (unpaired) electrons. The van der Waals surface area contributed by atoms with Crippen LogP contribution in [0.2, 0.25) is 5.02 Å². The summed E-state index contributed by atoms with van der Waals surface area (Å²) in [6.45, 7) is 4.31. The van der Waals surface area contributed by atoms with Crippen LogP contribution in [0.3, 0.4) is 0 Å². The lowest BCUT2D eigenvalue weighted by molar-refractivity contribution is -0.131. The first-order chi connectivity index (χ1) is 12.5. The van der Waals surface area contributed by atoms with E-state index < -0.39 is 0 Å². The molecule has 2 amide bonds. The average Bonchev–Trinajstić information content (AvgIpc) is 2.66. The Kier molecular flexibility index (Phi) is 5.78. The lowest BCUT2D eigenvalue weighted by Crippen LogP contribution is -2.51. The van der Waals surface area contributed by atoms with Gasteiger partial charge in [0.15, 0.2) is 0 Å². The van der Waals surface area contributed by atoms with Crippen LogP contribution in [0.25, 0.3) is 0 Å². The molecule has 1 saturated heterocycles. The summed E-state index contributed by atoms with van der Waals surface area (Å²) in [5.74, 6) is -0.170. The van der Waals surface area contributed by atoms with Crippen molar-refractivity contribution in [2.45, 2.75) is 6.92 Å². The number of nitrogens with zero attached hydrogens (tertiary/aromatic N) is 3. The molecule has 1 fully saturated rings. The minimum atomic E-state index is -0.137. The molecule has 1 aliphatic rings. The van der Waals surface area contributed by atoms with Crippen LogP contribution in [0.5, 0.6) is 0 Å². The van der Waals surface area contributed by atoms with Crippen LogP contribution in [0.15, 0.2) is 54.6 Å². The van der Waals surface area contributed by atoms with Crippen molar-refractivity contribution in [2.75, 3.05) is 42.5 Å². The SMILES string of the molecule is CC(=O)N(CC(=O)N1CCN(c2cccc(Cl)c2)CC1)c1ccccc1. The van der Waals surface area contributed by atoms with Crippen molar-refractivity contribution in [3.63, 3.8) is 0 Å². The molecule has 26 heavy (non-hydrogen) atoms. The number of hydrogen-bond acceptors (Lipinski definition) is 3. The smallest absolute Gasteiger partial charge is 0.242 e. The van der Waals surface area contributed by atoms with E-state index in [0.29, 0.717) is 18.1 Å². The Morgan fingerprint density at radius 3 is 2.31 bits per heavy atom. The van der Waals surface area contributed by atoms with Crippen LogP contribution in [-0.4, -0.2) is 49.4 Å². The molecule has 2 aromatic carbocycles. The number of para-hydroxylation sites is 1. The predicted molar refractivity (Wildman–Crippen MR) is 105 cm³/mol. The minimum Gasteiger partial charge on any atom is -0.368 e. The van der Waals surface area contributed by atoms with Crippen LogP contribution < -0.4 is 9.80 Å². The third-order valence-corrected chi connectivity index (χ3v) is 4.78. The van der Waals surface area contributed by atoms with E-state index in [1.54, 1.807) is 0 Å². The van der Waals surface area contributed by atoms with Gasteiger partial charge < -0.3 is 14.7 Å². The van der Waals surface area contributed by atoms with Gasteiger partial charge in [0.25, 0.3) is 0 Å². The van der Waals surface area contributed by atoms with Crippen molar-refractivity contribution in [2.24, 2.45) is 0 Å². The first-order valence-electron chi connectivity index (χ1n) is 8.66. The minimum absolute atomic E-state index is 0.0326. The van der Waals surface area contributed by atoms with Gasteiger partial charge >= 0.3 is 0 Å². The third-order valence-electron chi connectivity index (χ3n) is 4.55. The number of halogens is 1. The topological polar surface area (TPSA) is 43.9 Å².